The fraction of sp³-hybridized carbons (Fsp3) is 0.364. The molecule has 0 N–H and O–H groups in total. The summed E-state index contributed by atoms with van der Waals surface area (Å²) in [5, 5.41) is 8.75. The third-order valence-electron chi connectivity index (χ3n) is 22.9. The highest BCUT2D eigenvalue weighted by Crippen LogP contribution is 2.36. The molecule has 0 atom stereocenters. The summed E-state index contributed by atoms with van der Waals surface area (Å²) in [6.45, 7) is 71.0. The van der Waals surface area contributed by atoms with E-state index in [4.69, 9.17) is 4.11 Å². The van der Waals surface area contributed by atoms with E-state index in [0.717, 1.165) is 28.1 Å². The van der Waals surface area contributed by atoms with E-state index in [1.54, 1.807) is 16.6 Å². The molecule has 0 aliphatic carbocycles. The van der Waals surface area contributed by atoms with Gasteiger partial charge in [0.25, 0.3) is 0 Å². The van der Waals surface area contributed by atoms with Crippen molar-refractivity contribution in [3.63, 3.8) is 0 Å². The molecular weight excluding hydrogens is 1510 g/mol. The number of hydrogen-bond acceptors (Lipinski definition) is 0. The van der Waals surface area contributed by atoms with Crippen molar-refractivity contribution >= 4 is 79.6 Å². The standard InChI is InChI=1S/C31H46NSi2.C27H38NSi2.C25H32NSi.C24H30NSi/c1-22-13-15-24(16-14-22)27-19-26(23(2)17-29(27)33(7,8)9)28-18-25(20-31(3,4)5)30(21-32(28)6)34(10,11)12;1-19-11-13-22(14-12-19)24-17-23(20(2)16-26(24)29(5,6)7)25-15-21(3)27(18-28(25)4)30(8,9)10;1-17-9-11-21(12-10-17)23-15-22(19(3)14-25(23)27(6,7)8)24-13-18(2)20(4)16-26(24)5;1-17-8-10-20(11-9-17)22-16-21(19(3)15-24(22)26(5,6)7)23-14-18(2)12-13-25(23)4/h13-19,21H,20H2,1-12H3;11-18H,1-10H3;9-16H,1-8H3;8-16H,1-7H3/q4*+1/i20D2;;4D3;. The summed E-state index contributed by atoms with van der Waals surface area (Å²) >= 11 is 0. The van der Waals surface area contributed by atoms with Gasteiger partial charge in [0.15, 0.2) is 24.8 Å². The Balaban J connectivity index is 0.000000186. The SMILES string of the molecule is Cc1ccc(-c2cc(-c3cc(C)c([Si](C)(C)C)c[n+]3C)c(C)cc2[Si](C)(C)C)cc1.Cc1ccc(-c2cc(-c3cc(C)cc[n+]3C)c(C)cc2[Si](C)(C)C)cc1.[2H]C([2H])([2H])c1c[n+](C)c(-c2cc(-c3ccc(C)cc3)c([Si](C)(C)C)cc2C)cc1C.[2H]C([2H])(c1cc(-c2cc(-c3ccc(C)cc3)c([Si](C)(C)C)cc2C)[n+](C)cc1[Si](C)(C)C)C(C)(C)C. The van der Waals surface area contributed by atoms with Crippen molar-refractivity contribution < 1.29 is 25.1 Å². The maximum absolute atomic E-state index is 9.22. The highest BCUT2D eigenvalue weighted by atomic mass is 28.3. The van der Waals surface area contributed by atoms with Crippen LogP contribution in [-0.2, 0) is 34.6 Å². The highest BCUT2D eigenvalue weighted by Gasteiger charge is 2.33. The van der Waals surface area contributed by atoms with E-state index in [-0.39, 0.29) is 0 Å². The molecule has 8 aromatic carbocycles. The number of benzene rings is 8. The van der Waals surface area contributed by atoms with Crippen LogP contribution in [0.1, 0.15) is 99.9 Å². The molecule has 4 nitrogen and oxygen atoms in total. The van der Waals surface area contributed by atoms with Crippen LogP contribution in [0.25, 0.3) is 89.5 Å². The topological polar surface area (TPSA) is 15.5 Å². The van der Waals surface area contributed by atoms with Gasteiger partial charge in [-0.15, -0.1) is 0 Å². The molecule has 12 rings (SSSR count). The normalized spacial score (nSPS) is 13.0. The molecule has 4 heterocycles. The lowest BCUT2D eigenvalue weighted by Gasteiger charge is -2.26. The molecule has 0 radical (unpaired) electrons. The zero-order chi connectivity index (χ0) is 91.4. The van der Waals surface area contributed by atoms with Gasteiger partial charge in [-0.3, -0.25) is 0 Å². The minimum absolute atomic E-state index is 0.406. The van der Waals surface area contributed by atoms with Crippen molar-refractivity contribution in [2.45, 2.75) is 228 Å². The first-order valence-electron chi connectivity index (χ1n) is 44.9. The van der Waals surface area contributed by atoms with Gasteiger partial charge in [0.2, 0.25) is 22.8 Å². The molecule has 10 heteroatoms. The van der Waals surface area contributed by atoms with E-state index >= 15 is 0 Å². The minimum atomic E-state index is -2.11. The highest BCUT2D eigenvalue weighted by molar-refractivity contribution is 6.92. The summed E-state index contributed by atoms with van der Waals surface area (Å²) in [6.07, 6.45) is 7.07. The van der Waals surface area contributed by atoms with Crippen LogP contribution in [0.2, 0.25) is 118 Å². The van der Waals surface area contributed by atoms with Crippen LogP contribution in [0, 0.1) is 88.4 Å². The Morgan fingerprint density at radius 3 is 0.803 bits per heavy atom. The molecule has 0 spiro atoms. The summed E-state index contributed by atoms with van der Waals surface area (Å²) in [4.78, 5) is 0. The number of aryl methyl sites for hydroxylation is 16. The molecule has 0 fully saturated rings. The van der Waals surface area contributed by atoms with Crippen LogP contribution in [0.5, 0.6) is 0 Å². The van der Waals surface area contributed by atoms with E-state index in [1.807, 2.05) is 45.4 Å². The Bertz CT molecular complexity index is 5660. The van der Waals surface area contributed by atoms with Crippen molar-refractivity contribution in [1.29, 1.82) is 0 Å². The number of aromatic nitrogens is 4. The lowest BCUT2D eigenvalue weighted by molar-refractivity contribution is -0.660. The van der Waals surface area contributed by atoms with Gasteiger partial charge in [0.05, 0.1) is 48.4 Å². The quantitative estimate of drug-likeness (QED) is 0.0718. The molecule has 0 saturated carbocycles. The molecule has 4 aromatic heterocycles. The number of nitrogens with zero attached hydrogens (tertiary/aromatic N) is 4. The maximum atomic E-state index is 9.22. The lowest BCUT2D eigenvalue weighted by atomic mass is 9.87. The second-order valence-electron chi connectivity index (χ2n) is 41.2. The van der Waals surface area contributed by atoms with Gasteiger partial charge in [-0.1, -0.05) is 303 Å². The lowest BCUT2D eigenvalue weighted by Crippen LogP contribution is -2.47. The molecule has 117 heavy (non-hydrogen) atoms. The molecule has 0 unspecified atom stereocenters. The largest absolute Gasteiger partial charge is 0.212 e. The summed E-state index contributed by atoms with van der Waals surface area (Å²) in [7, 11) is -0.896. The second kappa shape index (κ2) is 35.9. The van der Waals surface area contributed by atoms with Crippen molar-refractivity contribution in [3.8, 4) is 89.5 Å². The van der Waals surface area contributed by atoms with Gasteiger partial charge in [-0.05, 0) is 208 Å². The minimum Gasteiger partial charge on any atom is -0.201 e. The third kappa shape index (κ3) is 22.8. The van der Waals surface area contributed by atoms with Crippen LogP contribution in [0.15, 0.2) is 201 Å². The van der Waals surface area contributed by atoms with Crippen molar-refractivity contribution in [1.82, 2.24) is 0 Å². The smallest absolute Gasteiger partial charge is 0.201 e. The Kier molecular flexibility index (Phi) is 26.1. The number of rotatable bonds is 15. The van der Waals surface area contributed by atoms with Crippen LogP contribution in [0.4, 0.5) is 0 Å². The zero-order valence-corrected chi connectivity index (χ0v) is 84.8. The average Bonchev–Trinajstić information content (AvgIpc) is 0.763. The summed E-state index contributed by atoms with van der Waals surface area (Å²) < 4.78 is 50.6. The average molecular weight is 1660 g/mol. The summed E-state index contributed by atoms with van der Waals surface area (Å²) in [5.74, 6) is 0. The van der Waals surface area contributed by atoms with Crippen LogP contribution < -0.4 is 49.4 Å². The van der Waals surface area contributed by atoms with Crippen molar-refractivity contribution in [2.24, 2.45) is 33.6 Å². The van der Waals surface area contributed by atoms with Gasteiger partial charge in [0, 0.05) is 75.4 Å². The fourth-order valence-electron chi connectivity index (χ4n) is 16.1. The molecular formula is C107H146N4Si6+4. The Morgan fingerprint density at radius 1 is 0.256 bits per heavy atom. The van der Waals surface area contributed by atoms with E-state index in [9.17, 15) is 2.74 Å². The predicted octanol–water partition coefficient (Wildman–Crippen LogP) is 23.9. The van der Waals surface area contributed by atoms with E-state index in [0.29, 0.717) is 5.56 Å². The fourth-order valence-corrected chi connectivity index (χ4v) is 26.1. The Morgan fingerprint density at radius 2 is 0.521 bits per heavy atom. The van der Waals surface area contributed by atoms with Gasteiger partial charge in [-0.25, -0.2) is 18.3 Å². The molecule has 614 valence electrons. The monoisotopic (exact) mass is 1660 g/mol. The van der Waals surface area contributed by atoms with Gasteiger partial charge < -0.3 is 0 Å². The predicted molar refractivity (Wildman–Crippen MR) is 532 cm³/mol. The summed E-state index contributed by atoms with van der Waals surface area (Å²) in [6, 6.07) is 65.9. The third-order valence-corrected chi connectivity index (χ3v) is 35.2. The van der Waals surface area contributed by atoms with E-state index in [1.165, 1.54) is 149 Å². The van der Waals surface area contributed by atoms with Crippen LogP contribution in [-0.4, -0.2) is 48.4 Å². The number of hydrogen-bond donors (Lipinski definition) is 0. The zero-order valence-electron chi connectivity index (χ0n) is 83.8. The number of pyridine rings is 4. The van der Waals surface area contributed by atoms with Gasteiger partial charge >= 0.3 is 0 Å². The van der Waals surface area contributed by atoms with Crippen molar-refractivity contribution in [3.05, 3.63) is 273 Å². The molecule has 0 amide bonds. The van der Waals surface area contributed by atoms with Crippen molar-refractivity contribution in [2.75, 3.05) is 0 Å². The maximum Gasteiger partial charge on any atom is 0.212 e. The molecule has 0 aliphatic rings. The first kappa shape index (κ1) is 85.1. The van der Waals surface area contributed by atoms with Crippen LogP contribution in [0.3, 0.4) is 0 Å². The second-order valence-corrected chi connectivity index (χ2v) is 71.5. The molecule has 0 bridgehead atoms. The molecule has 0 saturated heterocycles. The summed E-state index contributed by atoms with van der Waals surface area (Å²) in [5.41, 5.74) is 34.9. The van der Waals surface area contributed by atoms with E-state index < -0.39 is 67.1 Å². The first-order valence-corrected chi connectivity index (χ1v) is 63.4. The molecule has 0 aliphatic heterocycles. The van der Waals surface area contributed by atoms with Gasteiger partial charge in [0.1, 0.15) is 28.2 Å². The van der Waals surface area contributed by atoms with E-state index in [2.05, 4.69) is 410 Å². The van der Waals surface area contributed by atoms with Gasteiger partial charge in [-0.2, -0.15) is 0 Å². The molecule has 12 aromatic rings. The Hall–Kier alpha value is -8.34. The first-order chi connectivity index (χ1) is 56.0. The Labute approximate surface area is 723 Å². The van der Waals surface area contributed by atoms with Crippen LogP contribution >= 0.6 is 0 Å².